The van der Waals surface area contributed by atoms with Crippen LogP contribution in [0.1, 0.15) is 30.1 Å². The highest BCUT2D eigenvalue weighted by Crippen LogP contribution is 2.14. The Balaban J connectivity index is 1.96. The lowest BCUT2D eigenvalue weighted by Gasteiger charge is -2.20. The average Bonchev–Trinajstić information content (AvgIpc) is 2.91. The Bertz CT molecular complexity index is 480. The number of phenolic OH excluding ortho intramolecular Hbond substituents is 1. The average molecular weight is 263 g/mol. The molecule has 0 bridgehead atoms. The van der Waals surface area contributed by atoms with Crippen molar-refractivity contribution < 1.29 is 19.4 Å². The molecular formula is C14H17NO4. The van der Waals surface area contributed by atoms with Crippen LogP contribution in [0.3, 0.4) is 0 Å². The molecule has 1 N–H and O–H groups in total. The summed E-state index contributed by atoms with van der Waals surface area (Å²) in [6.45, 7) is 3.03. The van der Waals surface area contributed by atoms with Crippen LogP contribution in [0.25, 0.3) is 0 Å². The fourth-order valence-corrected chi connectivity index (χ4v) is 2.11. The summed E-state index contributed by atoms with van der Waals surface area (Å²) in [5.74, 6) is -0.769. The maximum atomic E-state index is 12.0. The van der Waals surface area contributed by atoms with Crippen LogP contribution in [0.4, 0.5) is 0 Å². The van der Waals surface area contributed by atoms with Crippen LogP contribution in [0.2, 0.25) is 0 Å². The monoisotopic (exact) mass is 263 g/mol. The Morgan fingerprint density at radius 3 is 2.63 bits per heavy atom. The Hall–Kier alpha value is -2.04. The van der Waals surface area contributed by atoms with Crippen molar-refractivity contribution in [1.82, 2.24) is 4.90 Å². The second kappa shape index (κ2) is 5.73. The van der Waals surface area contributed by atoms with Crippen LogP contribution in [-0.4, -0.2) is 41.1 Å². The van der Waals surface area contributed by atoms with Gasteiger partial charge in [0, 0.05) is 13.1 Å². The topological polar surface area (TPSA) is 66.8 Å². The van der Waals surface area contributed by atoms with E-state index in [0.717, 1.165) is 25.9 Å². The van der Waals surface area contributed by atoms with E-state index in [4.69, 9.17) is 4.74 Å². The van der Waals surface area contributed by atoms with Crippen molar-refractivity contribution in [3.8, 4) is 5.75 Å². The summed E-state index contributed by atoms with van der Waals surface area (Å²) in [5, 5.41) is 9.29. The number of esters is 1. The summed E-state index contributed by atoms with van der Waals surface area (Å²) in [4.78, 5) is 25.5. The van der Waals surface area contributed by atoms with Crippen molar-refractivity contribution in [3.63, 3.8) is 0 Å². The molecule has 0 radical (unpaired) electrons. The number of carbonyl (C=O) groups excluding carboxylic acids is 2. The van der Waals surface area contributed by atoms with E-state index in [1.165, 1.54) is 18.2 Å². The number of hydrogen-bond donors (Lipinski definition) is 1. The Kier molecular flexibility index (Phi) is 4.04. The zero-order valence-corrected chi connectivity index (χ0v) is 10.8. The largest absolute Gasteiger partial charge is 0.508 e. The van der Waals surface area contributed by atoms with Gasteiger partial charge in [-0.3, -0.25) is 4.79 Å². The summed E-state index contributed by atoms with van der Waals surface area (Å²) in [5.41, 5.74) is 0.237. The molecule has 1 atom stereocenters. The second-order valence-corrected chi connectivity index (χ2v) is 4.63. The lowest BCUT2D eigenvalue weighted by molar-refractivity contribution is -0.138. The molecule has 0 spiro atoms. The molecule has 1 fully saturated rings. The number of nitrogens with zero attached hydrogens (tertiary/aromatic N) is 1. The highest BCUT2D eigenvalue weighted by atomic mass is 16.5. The normalized spacial score (nSPS) is 16.2. The third-order valence-electron chi connectivity index (χ3n) is 3.13. The minimum absolute atomic E-state index is 0.00651. The zero-order valence-electron chi connectivity index (χ0n) is 10.8. The van der Waals surface area contributed by atoms with Gasteiger partial charge < -0.3 is 14.7 Å². The molecule has 1 heterocycles. The van der Waals surface area contributed by atoms with Gasteiger partial charge in [0.2, 0.25) is 0 Å². The summed E-state index contributed by atoms with van der Waals surface area (Å²) < 4.78 is 5.12. The van der Waals surface area contributed by atoms with Gasteiger partial charge >= 0.3 is 5.97 Å². The number of ether oxygens (including phenoxy) is 1. The van der Waals surface area contributed by atoms with Crippen molar-refractivity contribution in [2.24, 2.45) is 0 Å². The molecule has 1 aromatic rings. The Morgan fingerprint density at radius 1 is 1.32 bits per heavy atom. The van der Waals surface area contributed by atoms with Crippen LogP contribution < -0.4 is 0 Å². The standard InChI is InChI=1S/C14H17NO4/c1-10(13(17)15-7-2-3-8-15)19-14(18)11-5-4-6-12(16)9-11/h4-6,9-10,16H,2-3,7-8H2,1H3/t10-/m0/s1. The van der Waals surface area contributed by atoms with Gasteiger partial charge in [-0.1, -0.05) is 6.07 Å². The van der Waals surface area contributed by atoms with Crippen molar-refractivity contribution in [3.05, 3.63) is 29.8 Å². The molecule has 0 aliphatic carbocycles. The Labute approximate surface area is 111 Å². The molecule has 0 unspecified atom stereocenters. The lowest BCUT2D eigenvalue weighted by atomic mass is 10.2. The van der Waals surface area contributed by atoms with E-state index < -0.39 is 12.1 Å². The van der Waals surface area contributed by atoms with E-state index >= 15 is 0 Å². The highest BCUT2D eigenvalue weighted by Gasteiger charge is 2.26. The van der Waals surface area contributed by atoms with Crippen molar-refractivity contribution >= 4 is 11.9 Å². The van der Waals surface area contributed by atoms with Crippen LogP contribution in [-0.2, 0) is 9.53 Å². The number of benzene rings is 1. The molecule has 1 aliphatic rings. The first-order chi connectivity index (χ1) is 9.08. The van der Waals surface area contributed by atoms with E-state index in [1.54, 1.807) is 17.9 Å². The van der Waals surface area contributed by atoms with Crippen molar-refractivity contribution in [2.75, 3.05) is 13.1 Å². The minimum Gasteiger partial charge on any atom is -0.508 e. The molecule has 5 nitrogen and oxygen atoms in total. The molecule has 1 aliphatic heterocycles. The van der Waals surface area contributed by atoms with Gasteiger partial charge in [0.05, 0.1) is 5.56 Å². The summed E-state index contributed by atoms with van der Waals surface area (Å²) in [7, 11) is 0. The van der Waals surface area contributed by atoms with E-state index in [2.05, 4.69) is 0 Å². The Morgan fingerprint density at radius 2 is 2.00 bits per heavy atom. The quantitative estimate of drug-likeness (QED) is 0.840. The number of rotatable bonds is 3. The van der Waals surface area contributed by atoms with Crippen LogP contribution in [0.15, 0.2) is 24.3 Å². The maximum Gasteiger partial charge on any atom is 0.339 e. The molecule has 1 saturated heterocycles. The first-order valence-corrected chi connectivity index (χ1v) is 6.37. The number of carbonyl (C=O) groups is 2. The molecule has 102 valence electrons. The SMILES string of the molecule is C[C@H](OC(=O)c1cccc(O)c1)C(=O)N1CCCC1. The summed E-state index contributed by atoms with van der Waals surface area (Å²) >= 11 is 0. The summed E-state index contributed by atoms with van der Waals surface area (Å²) in [6, 6.07) is 5.87. The van der Waals surface area contributed by atoms with Crippen LogP contribution in [0, 0.1) is 0 Å². The summed E-state index contributed by atoms with van der Waals surface area (Å²) in [6.07, 6.45) is 1.20. The van der Waals surface area contributed by atoms with Gasteiger partial charge in [-0.25, -0.2) is 4.79 Å². The second-order valence-electron chi connectivity index (χ2n) is 4.63. The highest BCUT2D eigenvalue weighted by molar-refractivity contribution is 5.92. The van der Waals surface area contributed by atoms with Crippen LogP contribution >= 0.6 is 0 Å². The number of aromatic hydroxyl groups is 1. The number of likely N-dealkylation sites (tertiary alicyclic amines) is 1. The van der Waals surface area contributed by atoms with Crippen molar-refractivity contribution in [1.29, 1.82) is 0 Å². The zero-order chi connectivity index (χ0) is 13.8. The van der Waals surface area contributed by atoms with E-state index in [-0.39, 0.29) is 17.2 Å². The van der Waals surface area contributed by atoms with Gasteiger partial charge in [0.1, 0.15) is 5.75 Å². The third-order valence-corrected chi connectivity index (χ3v) is 3.13. The van der Waals surface area contributed by atoms with Crippen LogP contribution in [0.5, 0.6) is 5.75 Å². The molecule has 19 heavy (non-hydrogen) atoms. The van der Waals surface area contributed by atoms with E-state index in [1.807, 2.05) is 0 Å². The molecule has 5 heteroatoms. The van der Waals surface area contributed by atoms with Gasteiger partial charge in [-0.15, -0.1) is 0 Å². The smallest absolute Gasteiger partial charge is 0.339 e. The predicted octanol–water partition coefficient (Wildman–Crippen LogP) is 1.56. The molecule has 1 amide bonds. The molecular weight excluding hydrogens is 246 g/mol. The molecule has 2 rings (SSSR count). The fourth-order valence-electron chi connectivity index (χ4n) is 2.11. The lowest BCUT2D eigenvalue weighted by Crippen LogP contribution is -2.38. The van der Waals surface area contributed by atoms with E-state index in [0.29, 0.717) is 0 Å². The first kappa shape index (κ1) is 13.4. The maximum absolute atomic E-state index is 12.0. The van der Waals surface area contributed by atoms with Gasteiger partial charge in [0.25, 0.3) is 5.91 Å². The number of phenols is 1. The number of amides is 1. The molecule has 0 aromatic heterocycles. The van der Waals surface area contributed by atoms with E-state index in [9.17, 15) is 14.7 Å². The fraction of sp³-hybridized carbons (Fsp3) is 0.429. The van der Waals surface area contributed by atoms with Gasteiger partial charge in [0.15, 0.2) is 6.10 Å². The third kappa shape index (κ3) is 3.24. The van der Waals surface area contributed by atoms with Gasteiger partial charge in [-0.2, -0.15) is 0 Å². The number of hydrogen-bond acceptors (Lipinski definition) is 4. The predicted molar refractivity (Wildman–Crippen MR) is 68.8 cm³/mol. The van der Waals surface area contributed by atoms with Gasteiger partial charge in [-0.05, 0) is 38.0 Å². The van der Waals surface area contributed by atoms with Crippen molar-refractivity contribution in [2.45, 2.75) is 25.9 Å². The molecule has 1 aromatic carbocycles. The minimum atomic E-state index is -0.798. The first-order valence-electron chi connectivity index (χ1n) is 6.37. The molecule has 0 saturated carbocycles.